The number of ether oxygens (including phenoxy) is 3. The minimum absolute atomic E-state index is 0.149. The van der Waals surface area contributed by atoms with Gasteiger partial charge in [-0.15, -0.1) is 0 Å². The van der Waals surface area contributed by atoms with Gasteiger partial charge in [-0.25, -0.2) is 0 Å². The van der Waals surface area contributed by atoms with Crippen molar-refractivity contribution in [2.45, 2.75) is 12.5 Å². The van der Waals surface area contributed by atoms with Crippen LogP contribution in [0, 0.1) is 0 Å². The molecular weight excluding hydrogens is 306 g/mol. The third kappa shape index (κ3) is 4.49. The van der Waals surface area contributed by atoms with Crippen LogP contribution < -0.4 is 14.8 Å². The van der Waals surface area contributed by atoms with E-state index in [-0.39, 0.29) is 5.91 Å². The summed E-state index contributed by atoms with van der Waals surface area (Å²) in [7, 11) is 4.74. The van der Waals surface area contributed by atoms with E-state index in [1.165, 1.54) is 7.11 Å². The lowest BCUT2D eigenvalue weighted by Crippen LogP contribution is -2.31. The molecule has 24 heavy (non-hydrogen) atoms. The van der Waals surface area contributed by atoms with Crippen molar-refractivity contribution in [2.75, 3.05) is 27.9 Å². The van der Waals surface area contributed by atoms with Crippen LogP contribution in [0.5, 0.6) is 11.5 Å². The molecule has 2 rings (SSSR count). The molecule has 1 amide bonds. The second-order valence-corrected chi connectivity index (χ2v) is 5.26. The van der Waals surface area contributed by atoms with Gasteiger partial charge in [0, 0.05) is 13.7 Å². The Morgan fingerprint density at radius 2 is 1.71 bits per heavy atom. The van der Waals surface area contributed by atoms with Gasteiger partial charge in [-0.2, -0.15) is 0 Å². The van der Waals surface area contributed by atoms with Gasteiger partial charge in [0.25, 0.3) is 5.91 Å². The van der Waals surface area contributed by atoms with Gasteiger partial charge >= 0.3 is 0 Å². The number of carbonyl (C=O) groups is 1. The SMILES string of the molecule is COc1ccc(CCNC(=O)C(OC)c2ccccc2)cc1OC. The van der Waals surface area contributed by atoms with Crippen LogP contribution in [0.25, 0.3) is 0 Å². The highest BCUT2D eigenvalue weighted by Gasteiger charge is 2.19. The standard InChI is InChI=1S/C19H23NO4/c1-22-16-10-9-14(13-17(16)23-2)11-12-20-19(21)18(24-3)15-7-5-4-6-8-15/h4-10,13,18H,11-12H2,1-3H3,(H,20,21). The summed E-state index contributed by atoms with van der Waals surface area (Å²) in [5.74, 6) is 1.22. The molecule has 0 aromatic heterocycles. The normalized spacial score (nSPS) is 11.6. The topological polar surface area (TPSA) is 56.8 Å². The highest BCUT2D eigenvalue weighted by Crippen LogP contribution is 2.27. The van der Waals surface area contributed by atoms with Gasteiger partial charge in [-0.1, -0.05) is 36.4 Å². The highest BCUT2D eigenvalue weighted by molar-refractivity contribution is 5.82. The number of benzene rings is 2. The van der Waals surface area contributed by atoms with Gasteiger partial charge in [-0.3, -0.25) is 4.79 Å². The maximum atomic E-state index is 12.3. The molecule has 0 radical (unpaired) electrons. The Bertz CT molecular complexity index is 658. The number of hydrogen-bond donors (Lipinski definition) is 1. The monoisotopic (exact) mass is 329 g/mol. The zero-order valence-electron chi connectivity index (χ0n) is 14.2. The largest absolute Gasteiger partial charge is 0.493 e. The predicted octanol–water partition coefficient (Wildman–Crippen LogP) is 2.75. The lowest BCUT2D eigenvalue weighted by molar-refractivity contribution is -0.131. The molecule has 1 unspecified atom stereocenters. The molecule has 2 aromatic carbocycles. The summed E-state index contributed by atoms with van der Waals surface area (Å²) in [6, 6.07) is 15.2. The molecule has 1 N–H and O–H groups in total. The van der Waals surface area contributed by atoms with E-state index >= 15 is 0 Å². The van der Waals surface area contributed by atoms with Crippen LogP contribution in [0.2, 0.25) is 0 Å². The van der Waals surface area contributed by atoms with Gasteiger partial charge in [-0.05, 0) is 29.7 Å². The Balaban J connectivity index is 1.92. The molecule has 0 aliphatic rings. The van der Waals surface area contributed by atoms with Crippen molar-refractivity contribution in [3.8, 4) is 11.5 Å². The number of amides is 1. The molecule has 0 fully saturated rings. The van der Waals surface area contributed by atoms with Crippen LogP contribution in [-0.2, 0) is 16.0 Å². The van der Waals surface area contributed by atoms with Gasteiger partial charge in [0.15, 0.2) is 17.6 Å². The van der Waals surface area contributed by atoms with Crippen molar-refractivity contribution >= 4 is 5.91 Å². The third-order valence-electron chi connectivity index (χ3n) is 3.74. The average Bonchev–Trinajstić information content (AvgIpc) is 2.63. The van der Waals surface area contributed by atoms with Crippen LogP contribution in [0.15, 0.2) is 48.5 Å². The molecule has 0 saturated carbocycles. The smallest absolute Gasteiger partial charge is 0.253 e. The van der Waals surface area contributed by atoms with Gasteiger partial charge in [0.2, 0.25) is 0 Å². The third-order valence-corrected chi connectivity index (χ3v) is 3.74. The fraction of sp³-hybridized carbons (Fsp3) is 0.316. The first-order valence-electron chi connectivity index (χ1n) is 7.76. The molecule has 2 aromatic rings. The molecule has 5 nitrogen and oxygen atoms in total. The molecule has 0 aliphatic heterocycles. The molecule has 0 heterocycles. The van der Waals surface area contributed by atoms with E-state index in [0.29, 0.717) is 24.5 Å². The number of nitrogens with one attached hydrogen (secondary N) is 1. The zero-order valence-corrected chi connectivity index (χ0v) is 14.2. The van der Waals surface area contributed by atoms with E-state index in [9.17, 15) is 4.79 Å². The van der Waals surface area contributed by atoms with Crippen LogP contribution in [-0.4, -0.2) is 33.8 Å². The molecule has 0 spiro atoms. The summed E-state index contributed by atoms with van der Waals surface area (Å²) < 4.78 is 15.8. The zero-order chi connectivity index (χ0) is 17.4. The van der Waals surface area contributed by atoms with E-state index in [2.05, 4.69) is 5.32 Å². The quantitative estimate of drug-likeness (QED) is 0.809. The number of carbonyl (C=O) groups excluding carboxylic acids is 1. The molecule has 0 bridgehead atoms. The first-order chi connectivity index (χ1) is 11.7. The number of rotatable bonds is 8. The molecule has 128 valence electrons. The summed E-state index contributed by atoms with van der Waals surface area (Å²) in [5, 5.41) is 2.91. The van der Waals surface area contributed by atoms with E-state index in [1.807, 2.05) is 48.5 Å². The summed E-state index contributed by atoms with van der Waals surface area (Å²) in [6.07, 6.45) is 0.0914. The van der Waals surface area contributed by atoms with E-state index in [1.54, 1.807) is 14.2 Å². The van der Waals surface area contributed by atoms with Crippen LogP contribution in [0.1, 0.15) is 17.2 Å². The molecule has 1 atom stereocenters. The molecule has 5 heteroatoms. The van der Waals surface area contributed by atoms with E-state index in [4.69, 9.17) is 14.2 Å². The van der Waals surface area contributed by atoms with Crippen molar-refractivity contribution in [1.82, 2.24) is 5.32 Å². The second-order valence-electron chi connectivity index (χ2n) is 5.26. The number of hydrogen-bond acceptors (Lipinski definition) is 4. The fourth-order valence-corrected chi connectivity index (χ4v) is 2.48. The van der Waals surface area contributed by atoms with Crippen molar-refractivity contribution in [3.63, 3.8) is 0 Å². The maximum Gasteiger partial charge on any atom is 0.253 e. The highest BCUT2D eigenvalue weighted by atomic mass is 16.5. The Morgan fingerprint density at radius 3 is 2.33 bits per heavy atom. The Labute approximate surface area is 142 Å². The fourth-order valence-electron chi connectivity index (χ4n) is 2.48. The van der Waals surface area contributed by atoms with Gasteiger partial charge in [0.05, 0.1) is 14.2 Å². The second kappa shape index (κ2) is 8.93. The lowest BCUT2D eigenvalue weighted by atomic mass is 10.1. The van der Waals surface area contributed by atoms with Gasteiger partial charge in [0.1, 0.15) is 0 Å². The first kappa shape index (κ1) is 17.8. The van der Waals surface area contributed by atoms with Crippen molar-refractivity contribution in [3.05, 3.63) is 59.7 Å². The molecule has 0 saturated heterocycles. The van der Waals surface area contributed by atoms with Gasteiger partial charge < -0.3 is 19.5 Å². The predicted molar refractivity (Wildman–Crippen MR) is 92.5 cm³/mol. The summed E-state index contributed by atoms with van der Waals surface area (Å²) >= 11 is 0. The van der Waals surface area contributed by atoms with Crippen molar-refractivity contribution < 1.29 is 19.0 Å². The summed E-state index contributed by atoms with van der Waals surface area (Å²) in [4.78, 5) is 12.3. The summed E-state index contributed by atoms with van der Waals surface area (Å²) in [6.45, 7) is 0.515. The minimum Gasteiger partial charge on any atom is -0.493 e. The van der Waals surface area contributed by atoms with Crippen LogP contribution in [0.3, 0.4) is 0 Å². The number of methoxy groups -OCH3 is 3. The van der Waals surface area contributed by atoms with Crippen LogP contribution >= 0.6 is 0 Å². The van der Waals surface area contributed by atoms with Crippen molar-refractivity contribution in [2.24, 2.45) is 0 Å². The average molecular weight is 329 g/mol. The maximum absolute atomic E-state index is 12.3. The lowest BCUT2D eigenvalue weighted by Gasteiger charge is -2.16. The van der Waals surface area contributed by atoms with E-state index < -0.39 is 6.10 Å². The first-order valence-corrected chi connectivity index (χ1v) is 7.76. The summed E-state index contributed by atoms with van der Waals surface area (Å²) in [5.41, 5.74) is 1.89. The Hall–Kier alpha value is -2.53. The Kier molecular flexibility index (Phi) is 6.63. The minimum atomic E-state index is -0.600. The molecular formula is C19H23NO4. The van der Waals surface area contributed by atoms with Crippen LogP contribution in [0.4, 0.5) is 0 Å². The Morgan fingerprint density at radius 1 is 1.00 bits per heavy atom. The molecule has 0 aliphatic carbocycles. The van der Waals surface area contributed by atoms with E-state index in [0.717, 1.165) is 11.1 Å². The van der Waals surface area contributed by atoms with Crippen molar-refractivity contribution in [1.29, 1.82) is 0 Å².